The summed E-state index contributed by atoms with van der Waals surface area (Å²) in [5.74, 6) is 5.73. The van der Waals surface area contributed by atoms with Gasteiger partial charge < -0.3 is 10.2 Å². The Labute approximate surface area is 112 Å². The SMILES string of the molecule is Cc1c(OCc2nnsc2NN)cccc1[N+](=O)[O-]. The lowest BCUT2D eigenvalue weighted by atomic mass is 10.2. The third kappa shape index (κ3) is 2.77. The van der Waals surface area contributed by atoms with Gasteiger partial charge in [-0.2, -0.15) is 0 Å². The molecule has 0 atom stereocenters. The fraction of sp³-hybridized carbons (Fsp3) is 0.200. The van der Waals surface area contributed by atoms with Gasteiger partial charge in [0.2, 0.25) is 0 Å². The maximum Gasteiger partial charge on any atom is 0.276 e. The predicted molar refractivity (Wildman–Crippen MR) is 69.9 cm³/mol. The van der Waals surface area contributed by atoms with Crippen molar-refractivity contribution in [3.8, 4) is 5.75 Å². The van der Waals surface area contributed by atoms with Crippen molar-refractivity contribution in [2.45, 2.75) is 13.5 Å². The molecule has 1 aromatic carbocycles. The van der Waals surface area contributed by atoms with Crippen LogP contribution in [0, 0.1) is 17.0 Å². The van der Waals surface area contributed by atoms with Crippen molar-refractivity contribution in [2.24, 2.45) is 5.84 Å². The fourth-order valence-corrected chi connectivity index (χ4v) is 1.99. The highest BCUT2D eigenvalue weighted by Gasteiger charge is 2.15. The molecule has 1 aromatic heterocycles. The Morgan fingerprint density at radius 2 is 2.37 bits per heavy atom. The molecule has 0 unspecified atom stereocenters. The van der Waals surface area contributed by atoms with Crippen LogP contribution < -0.4 is 16.0 Å². The van der Waals surface area contributed by atoms with Crippen molar-refractivity contribution in [1.29, 1.82) is 0 Å². The number of nitrogen functional groups attached to an aromatic ring is 1. The number of aromatic nitrogens is 2. The Morgan fingerprint density at radius 1 is 1.58 bits per heavy atom. The van der Waals surface area contributed by atoms with Crippen molar-refractivity contribution >= 4 is 22.2 Å². The molecule has 0 saturated carbocycles. The highest BCUT2D eigenvalue weighted by atomic mass is 32.1. The van der Waals surface area contributed by atoms with Gasteiger partial charge in [-0.25, -0.2) is 5.84 Å². The van der Waals surface area contributed by atoms with Crippen LogP contribution >= 0.6 is 11.5 Å². The lowest BCUT2D eigenvalue weighted by molar-refractivity contribution is -0.385. The van der Waals surface area contributed by atoms with Crippen molar-refractivity contribution in [1.82, 2.24) is 9.59 Å². The molecule has 1 heterocycles. The molecule has 0 aliphatic carbocycles. The number of rotatable bonds is 5. The van der Waals surface area contributed by atoms with Crippen molar-refractivity contribution in [2.75, 3.05) is 5.43 Å². The largest absolute Gasteiger partial charge is 0.487 e. The van der Waals surface area contributed by atoms with E-state index in [4.69, 9.17) is 10.6 Å². The summed E-state index contributed by atoms with van der Waals surface area (Å²) in [6.07, 6.45) is 0. The van der Waals surface area contributed by atoms with Crippen molar-refractivity contribution in [3.05, 3.63) is 39.6 Å². The average molecular weight is 281 g/mol. The second-order valence-electron chi connectivity index (χ2n) is 3.64. The summed E-state index contributed by atoms with van der Waals surface area (Å²) in [4.78, 5) is 10.4. The Hall–Kier alpha value is -2.26. The number of hydrazine groups is 1. The summed E-state index contributed by atoms with van der Waals surface area (Å²) in [5, 5.41) is 15.3. The molecule has 19 heavy (non-hydrogen) atoms. The van der Waals surface area contributed by atoms with Gasteiger partial charge in [0.25, 0.3) is 5.69 Å². The Morgan fingerprint density at radius 3 is 3.05 bits per heavy atom. The first-order chi connectivity index (χ1) is 9.13. The van der Waals surface area contributed by atoms with Gasteiger partial charge in [-0.1, -0.05) is 10.6 Å². The second-order valence-corrected chi connectivity index (χ2v) is 4.39. The van der Waals surface area contributed by atoms with Gasteiger partial charge in [-0.15, -0.1) is 5.10 Å². The van der Waals surface area contributed by atoms with Gasteiger partial charge in [0.05, 0.1) is 10.5 Å². The van der Waals surface area contributed by atoms with Crippen molar-refractivity contribution < 1.29 is 9.66 Å². The van der Waals surface area contributed by atoms with E-state index in [2.05, 4.69) is 15.0 Å². The number of nitro benzene ring substituents is 1. The number of nitro groups is 1. The number of hydrogen-bond acceptors (Lipinski definition) is 8. The lowest BCUT2D eigenvalue weighted by Crippen LogP contribution is -2.09. The summed E-state index contributed by atoms with van der Waals surface area (Å²) in [6, 6.07) is 4.67. The average Bonchev–Trinajstić information content (AvgIpc) is 2.84. The minimum atomic E-state index is -0.445. The molecule has 100 valence electrons. The van der Waals surface area contributed by atoms with Gasteiger partial charge in [0.1, 0.15) is 18.1 Å². The van der Waals surface area contributed by atoms with Gasteiger partial charge in [0.15, 0.2) is 5.00 Å². The molecule has 9 heteroatoms. The van der Waals surface area contributed by atoms with E-state index in [0.717, 1.165) is 11.5 Å². The number of nitrogens with two attached hydrogens (primary N) is 1. The second kappa shape index (κ2) is 5.59. The zero-order valence-electron chi connectivity index (χ0n) is 9.99. The quantitative estimate of drug-likeness (QED) is 0.486. The Balaban J connectivity index is 2.16. The van der Waals surface area contributed by atoms with Crippen LogP contribution in [0.5, 0.6) is 5.75 Å². The van der Waals surface area contributed by atoms with E-state index in [-0.39, 0.29) is 12.3 Å². The van der Waals surface area contributed by atoms with Crippen LogP contribution in [0.3, 0.4) is 0 Å². The van der Waals surface area contributed by atoms with E-state index in [0.29, 0.717) is 22.0 Å². The first-order valence-corrected chi connectivity index (χ1v) is 6.05. The van der Waals surface area contributed by atoms with Crippen LogP contribution in [0.2, 0.25) is 0 Å². The summed E-state index contributed by atoms with van der Waals surface area (Å²) in [5.41, 5.74) is 3.51. The van der Waals surface area contributed by atoms with Crippen LogP contribution in [-0.2, 0) is 6.61 Å². The number of benzene rings is 1. The molecular weight excluding hydrogens is 270 g/mol. The number of anilines is 1. The molecule has 0 saturated heterocycles. The molecule has 0 aliphatic rings. The van der Waals surface area contributed by atoms with Gasteiger partial charge >= 0.3 is 0 Å². The molecule has 0 bridgehead atoms. The molecule has 3 N–H and O–H groups in total. The third-order valence-electron chi connectivity index (χ3n) is 2.50. The molecule has 2 rings (SSSR count). The van der Waals surface area contributed by atoms with E-state index >= 15 is 0 Å². The monoisotopic (exact) mass is 281 g/mol. The van der Waals surface area contributed by atoms with E-state index < -0.39 is 4.92 Å². The van der Waals surface area contributed by atoms with Gasteiger partial charge in [-0.3, -0.25) is 10.1 Å². The normalized spacial score (nSPS) is 10.2. The summed E-state index contributed by atoms with van der Waals surface area (Å²) in [6.45, 7) is 1.77. The molecule has 0 amide bonds. The minimum absolute atomic E-state index is 0.0195. The Kier molecular flexibility index (Phi) is 3.88. The molecule has 0 aliphatic heterocycles. The minimum Gasteiger partial charge on any atom is -0.487 e. The molecule has 2 aromatic rings. The Bertz CT molecular complexity index is 601. The molecular formula is C10H11N5O3S. The highest BCUT2D eigenvalue weighted by molar-refractivity contribution is 7.10. The van der Waals surface area contributed by atoms with Crippen LogP contribution in [-0.4, -0.2) is 14.5 Å². The number of nitrogens with zero attached hydrogens (tertiary/aromatic N) is 3. The molecule has 0 spiro atoms. The maximum absolute atomic E-state index is 10.8. The molecule has 0 fully saturated rings. The first kappa shape index (κ1) is 13.2. The van der Waals surface area contributed by atoms with Gasteiger partial charge in [0, 0.05) is 17.6 Å². The van der Waals surface area contributed by atoms with E-state index in [1.807, 2.05) is 0 Å². The standard InChI is InChI=1S/C10H11N5O3S/c1-6-8(15(16)17)3-2-4-9(6)18-5-7-10(12-11)19-14-13-7/h2-4,12H,5,11H2,1H3. The number of hydrogen-bond donors (Lipinski definition) is 2. The zero-order chi connectivity index (χ0) is 13.8. The van der Waals surface area contributed by atoms with Crippen LogP contribution in [0.4, 0.5) is 10.7 Å². The summed E-state index contributed by atoms with van der Waals surface area (Å²) >= 11 is 1.11. The lowest BCUT2D eigenvalue weighted by Gasteiger charge is -2.08. The third-order valence-corrected chi connectivity index (χ3v) is 3.20. The van der Waals surface area contributed by atoms with Crippen molar-refractivity contribution in [3.63, 3.8) is 0 Å². The van der Waals surface area contributed by atoms with Crippen LogP contribution in [0.15, 0.2) is 18.2 Å². The summed E-state index contributed by atoms with van der Waals surface area (Å²) < 4.78 is 9.25. The maximum atomic E-state index is 10.8. The highest BCUT2D eigenvalue weighted by Crippen LogP contribution is 2.28. The van der Waals surface area contributed by atoms with Crippen LogP contribution in [0.25, 0.3) is 0 Å². The number of nitrogens with one attached hydrogen (secondary N) is 1. The number of ether oxygens (including phenoxy) is 1. The first-order valence-electron chi connectivity index (χ1n) is 5.28. The molecule has 0 radical (unpaired) electrons. The summed E-state index contributed by atoms with van der Waals surface area (Å²) in [7, 11) is 0. The molecule has 8 nitrogen and oxygen atoms in total. The van der Waals surface area contributed by atoms with Gasteiger partial charge in [-0.05, 0) is 13.0 Å². The van der Waals surface area contributed by atoms with E-state index in [9.17, 15) is 10.1 Å². The smallest absolute Gasteiger partial charge is 0.276 e. The topological polar surface area (TPSA) is 116 Å². The van der Waals surface area contributed by atoms with E-state index in [1.54, 1.807) is 19.1 Å². The predicted octanol–water partition coefficient (Wildman–Crippen LogP) is 1.62. The van der Waals surface area contributed by atoms with E-state index in [1.165, 1.54) is 6.07 Å². The zero-order valence-corrected chi connectivity index (χ0v) is 10.8. The fourth-order valence-electron chi connectivity index (χ4n) is 1.52. The van der Waals surface area contributed by atoms with Crippen LogP contribution in [0.1, 0.15) is 11.3 Å².